The zero-order valence-corrected chi connectivity index (χ0v) is 25.9. The molecule has 0 unspecified atom stereocenters. The van der Waals surface area contributed by atoms with Crippen molar-refractivity contribution >= 4 is 16.6 Å². The van der Waals surface area contributed by atoms with Crippen LogP contribution in [-0.4, -0.2) is 75.7 Å². The van der Waals surface area contributed by atoms with Crippen LogP contribution in [0.1, 0.15) is 55.4 Å². The molecule has 0 saturated carbocycles. The Morgan fingerprint density at radius 3 is 1.88 bits per heavy atom. The average molecular weight is 519 g/mol. The van der Waals surface area contributed by atoms with E-state index in [1.54, 1.807) is 6.08 Å². The number of aliphatic hydroxyl groups is 3. The van der Waals surface area contributed by atoms with Crippen molar-refractivity contribution in [2.75, 3.05) is 19.8 Å². The topological polar surface area (TPSA) is 88.4 Å². The summed E-state index contributed by atoms with van der Waals surface area (Å²) in [4.78, 5) is 0. The van der Waals surface area contributed by atoms with Gasteiger partial charge in [0, 0.05) is 31.0 Å². The van der Waals surface area contributed by atoms with Crippen molar-refractivity contribution in [2.24, 2.45) is 17.8 Å². The van der Waals surface area contributed by atoms with Gasteiger partial charge in [0.1, 0.15) is 5.60 Å². The lowest BCUT2D eigenvalue weighted by atomic mass is 9.80. The zero-order chi connectivity index (χ0) is 26.9. The molecule has 1 fully saturated rings. The van der Waals surface area contributed by atoms with E-state index in [-0.39, 0.29) is 35.1 Å². The molecular formula is C26H54O6Si2. The Morgan fingerprint density at radius 2 is 1.50 bits per heavy atom. The minimum atomic E-state index is -2.27. The van der Waals surface area contributed by atoms with Gasteiger partial charge in [0.05, 0.1) is 24.9 Å². The van der Waals surface area contributed by atoms with Crippen LogP contribution in [-0.2, 0) is 13.6 Å². The summed E-state index contributed by atoms with van der Waals surface area (Å²) in [5, 5.41) is 31.4. The fourth-order valence-electron chi connectivity index (χ4n) is 4.07. The molecule has 202 valence electrons. The fraction of sp³-hybridized carbons (Fsp3) is 0.923. The summed E-state index contributed by atoms with van der Waals surface area (Å²) in [6, 6.07) is 0. The molecule has 1 heterocycles. The molecular weight excluding hydrogens is 464 g/mol. The molecule has 1 aliphatic rings. The fourth-order valence-corrected chi connectivity index (χ4v) is 6.51. The first kappa shape index (κ1) is 32.0. The summed E-state index contributed by atoms with van der Waals surface area (Å²) in [5.74, 6) is -0.923. The van der Waals surface area contributed by atoms with E-state index in [1.165, 1.54) is 0 Å². The van der Waals surface area contributed by atoms with Crippen LogP contribution in [0, 0.1) is 17.8 Å². The van der Waals surface area contributed by atoms with E-state index in [9.17, 15) is 15.3 Å². The summed E-state index contributed by atoms with van der Waals surface area (Å²) in [5.41, 5.74) is -1.07. The van der Waals surface area contributed by atoms with Crippen LogP contribution >= 0.6 is 0 Å². The van der Waals surface area contributed by atoms with Gasteiger partial charge in [-0.3, -0.25) is 0 Å². The highest BCUT2D eigenvalue weighted by molar-refractivity contribution is 6.74. The zero-order valence-electron chi connectivity index (χ0n) is 23.9. The van der Waals surface area contributed by atoms with Crippen molar-refractivity contribution < 1.29 is 28.9 Å². The van der Waals surface area contributed by atoms with Crippen molar-refractivity contribution in [3.05, 3.63) is 12.7 Å². The highest BCUT2D eigenvalue weighted by Gasteiger charge is 2.60. The van der Waals surface area contributed by atoms with E-state index >= 15 is 0 Å². The van der Waals surface area contributed by atoms with Gasteiger partial charge in [0.2, 0.25) is 0 Å². The van der Waals surface area contributed by atoms with Crippen molar-refractivity contribution in [1.82, 2.24) is 0 Å². The third kappa shape index (κ3) is 6.62. The second-order valence-electron chi connectivity index (χ2n) is 13.5. The third-order valence-corrected chi connectivity index (χ3v) is 17.7. The second kappa shape index (κ2) is 11.1. The molecule has 8 heteroatoms. The summed E-state index contributed by atoms with van der Waals surface area (Å²) in [6.45, 7) is 29.8. The highest BCUT2D eigenvalue weighted by atomic mass is 28.4. The third-order valence-electron chi connectivity index (χ3n) is 8.79. The Hall–Kier alpha value is -0.0662. The molecule has 7 atom stereocenters. The molecule has 0 aliphatic carbocycles. The molecule has 0 aromatic heterocycles. The molecule has 1 saturated heterocycles. The van der Waals surface area contributed by atoms with Crippen molar-refractivity contribution in [3.63, 3.8) is 0 Å². The molecule has 0 radical (unpaired) electrons. The summed E-state index contributed by atoms with van der Waals surface area (Å²) < 4.78 is 20.4. The smallest absolute Gasteiger partial charge is 0.192 e. The van der Waals surface area contributed by atoms with Gasteiger partial charge in [-0.05, 0) is 43.2 Å². The van der Waals surface area contributed by atoms with E-state index in [0.29, 0.717) is 6.61 Å². The first-order valence-corrected chi connectivity index (χ1v) is 18.5. The molecule has 6 nitrogen and oxygen atoms in total. The molecule has 0 aromatic carbocycles. The van der Waals surface area contributed by atoms with Gasteiger partial charge in [0.15, 0.2) is 16.6 Å². The second-order valence-corrected chi connectivity index (χ2v) is 23.1. The molecule has 3 N–H and O–H groups in total. The maximum absolute atomic E-state index is 11.4. The number of hydrogen-bond acceptors (Lipinski definition) is 6. The number of hydrogen-bond donors (Lipinski definition) is 3. The van der Waals surface area contributed by atoms with Crippen LogP contribution < -0.4 is 0 Å². The van der Waals surface area contributed by atoms with E-state index in [0.717, 1.165) is 0 Å². The Morgan fingerprint density at radius 1 is 1.00 bits per heavy atom. The van der Waals surface area contributed by atoms with Gasteiger partial charge < -0.3 is 28.9 Å². The van der Waals surface area contributed by atoms with E-state index < -0.39 is 46.5 Å². The summed E-state index contributed by atoms with van der Waals surface area (Å²) in [6.07, 6.45) is -0.105. The van der Waals surface area contributed by atoms with Crippen LogP contribution in [0.3, 0.4) is 0 Å². The lowest BCUT2D eigenvalue weighted by Crippen LogP contribution is -2.58. The molecule has 34 heavy (non-hydrogen) atoms. The van der Waals surface area contributed by atoms with Crippen LogP contribution in [0.4, 0.5) is 0 Å². The van der Waals surface area contributed by atoms with Crippen molar-refractivity contribution in [2.45, 2.75) is 116 Å². The van der Waals surface area contributed by atoms with Crippen LogP contribution in [0.2, 0.25) is 36.3 Å². The Kier molecular flexibility index (Phi) is 10.5. The molecule has 0 amide bonds. The number of rotatable bonds is 11. The lowest BCUT2D eigenvalue weighted by molar-refractivity contribution is -0.161. The highest BCUT2D eigenvalue weighted by Crippen LogP contribution is 2.49. The van der Waals surface area contributed by atoms with Gasteiger partial charge in [-0.15, -0.1) is 6.58 Å². The van der Waals surface area contributed by atoms with Gasteiger partial charge in [-0.1, -0.05) is 54.5 Å². The Bertz CT molecular complexity index is 669. The van der Waals surface area contributed by atoms with Gasteiger partial charge in [-0.2, -0.15) is 0 Å². The Balaban J connectivity index is 3.60. The molecule has 1 rings (SSSR count). The van der Waals surface area contributed by atoms with Crippen molar-refractivity contribution in [1.29, 1.82) is 0 Å². The normalized spacial score (nSPS) is 29.7. The quantitative estimate of drug-likeness (QED) is 0.265. The van der Waals surface area contributed by atoms with Crippen LogP contribution in [0.5, 0.6) is 0 Å². The SMILES string of the molecule is C=C[C@@H](CO)[C@H]1O[C@](C)([C@H](O)[C@@H](C)CO)[C@@H](O[Si](C)(C)C(C)(C)C)[C@H]1CO[Si](C)(C)C(C)(C)C. The first-order chi connectivity index (χ1) is 15.2. The maximum atomic E-state index is 11.4. The van der Waals surface area contributed by atoms with Crippen LogP contribution in [0.15, 0.2) is 12.7 Å². The predicted octanol–water partition coefficient (Wildman–Crippen LogP) is 4.96. The van der Waals surface area contributed by atoms with Gasteiger partial charge >= 0.3 is 0 Å². The summed E-state index contributed by atoms with van der Waals surface area (Å²) in [7, 11) is -4.35. The number of ether oxygens (including phenoxy) is 1. The minimum absolute atomic E-state index is 0.0424. The monoisotopic (exact) mass is 518 g/mol. The van der Waals surface area contributed by atoms with Crippen molar-refractivity contribution in [3.8, 4) is 0 Å². The van der Waals surface area contributed by atoms with E-state index in [4.69, 9.17) is 13.6 Å². The molecule has 1 aliphatic heterocycles. The lowest BCUT2D eigenvalue weighted by Gasteiger charge is -2.46. The average Bonchev–Trinajstić information content (AvgIpc) is 2.96. The van der Waals surface area contributed by atoms with Crippen LogP contribution in [0.25, 0.3) is 0 Å². The standard InChI is InChI=1S/C26H54O6Si2/c1-14-19(16-28)21-20(17-30-33(10,11)24(3,4)5)23(32-34(12,13)25(6,7)8)26(9,31-21)22(29)18(2)15-27/h14,18-23,27-29H,1,15-17H2,2-13H3/t18-,19-,20-,21+,22+,23-,26+/m0/s1. The minimum Gasteiger partial charge on any atom is -0.416 e. The van der Waals surface area contributed by atoms with Gasteiger partial charge in [0.25, 0.3) is 0 Å². The first-order valence-electron chi connectivity index (χ1n) is 12.7. The predicted molar refractivity (Wildman–Crippen MR) is 145 cm³/mol. The maximum Gasteiger partial charge on any atom is 0.192 e. The molecule has 0 bridgehead atoms. The molecule has 0 spiro atoms. The Labute approximate surface area is 211 Å². The largest absolute Gasteiger partial charge is 0.416 e. The number of aliphatic hydroxyl groups excluding tert-OH is 3. The summed E-state index contributed by atoms with van der Waals surface area (Å²) >= 11 is 0. The molecule has 0 aromatic rings. The van der Waals surface area contributed by atoms with Gasteiger partial charge in [-0.25, -0.2) is 0 Å². The van der Waals surface area contributed by atoms with E-state index in [1.807, 2.05) is 13.8 Å². The van der Waals surface area contributed by atoms with E-state index in [2.05, 4.69) is 74.3 Å².